The number of hydrogen-bond donors (Lipinski definition) is 2. The molecule has 0 saturated heterocycles. The van der Waals surface area contributed by atoms with E-state index in [4.69, 9.17) is 24.2 Å². The van der Waals surface area contributed by atoms with Crippen molar-refractivity contribution in [2.75, 3.05) is 19.8 Å². The zero-order valence-electron chi connectivity index (χ0n) is 9.71. The molecule has 15 heavy (non-hydrogen) atoms. The molecule has 2 N–H and O–H groups in total. The van der Waals surface area contributed by atoms with E-state index in [9.17, 15) is 0 Å². The van der Waals surface area contributed by atoms with Crippen LogP contribution in [0.1, 0.15) is 20.3 Å². The molecule has 90 valence electrons. The third-order valence-electron chi connectivity index (χ3n) is 1.69. The van der Waals surface area contributed by atoms with Gasteiger partial charge in [-0.3, -0.25) is 0 Å². The summed E-state index contributed by atoms with van der Waals surface area (Å²) < 4.78 is 11.2. The highest BCUT2D eigenvalue weighted by Crippen LogP contribution is 2.15. The Bertz CT molecular complexity index is 165. The Morgan fingerprint density at radius 3 is 2.00 bits per heavy atom. The quantitative estimate of drug-likeness (QED) is 0.397. The summed E-state index contributed by atoms with van der Waals surface area (Å²) in [5.74, 6) is 0. The number of aliphatic hydroxyl groups excluding tert-OH is 1. The number of rotatable bonds is 7. The minimum absolute atomic E-state index is 0.225. The van der Waals surface area contributed by atoms with Crippen molar-refractivity contribution in [2.24, 2.45) is 0 Å². The summed E-state index contributed by atoms with van der Waals surface area (Å²) in [6.45, 7) is 7.63. The molecule has 0 amide bonds. The van der Waals surface area contributed by atoms with E-state index in [1.807, 2.05) is 13.8 Å². The van der Waals surface area contributed by atoms with Crippen molar-refractivity contribution in [1.29, 1.82) is 5.41 Å². The van der Waals surface area contributed by atoms with Gasteiger partial charge in [-0.05, 0) is 32.9 Å². The highest BCUT2D eigenvalue weighted by atomic mass is 28.4. The van der Waals surface area contributed by atoms with Crippen LogP contribution in [0, 0.1) is 5.41 Å². The van der Waals surface area contributed by atoms with Gasteiger partial charge >= 0.3 is 8.56 Å². The van der Waals surface area contributed by atoms with Crippen molar-refractivity contribution in [3.05, 3.63) is 0 Å². The molecule has 0 unspecified atom stereocenters. The average Bonchev–Trinajstić information content (AvgIpc) is 2.17. The van der Waals surface area contributed by atoms with Gasteiger partial charge in [-0.2, -0.15) is 0 Å². The molecule has 0 aromatic rings. The zero-order valence-corrected chi connectivity index (χ0v) is 10.7. The Morgan fingerprint density at radius 2 is 1.73 bits per heavy atom. The first-order chi connectivity index (χ1) is 7.10. The minimum Gasteiger partial charge on any atom is -0.396 e. The number of nitrogens with one attached hydrogen (secondary N) is 1. The standard InChI is InChI=1S/C8H20O3Si.CHNO/c1-4-10-12(3,11-5-2)8-6-7-9;2-1-3/h9H,4-8H2,1-3H3;2H. The van der Waals surface area contributed by atoms with Gasteiger partial charge in [0.15, 0.2) is 0 Å². The molecule has 0 aromatic carbocycles. The van der Waals surface area contributed by atoms with E-state index in [0.29, 0.717) is 13.2 Å². The molecule has 0 spiro atoms. The van der Waals surface area contributed by atoms with Crippen molar-refractivity contribution in [3.8, 4) is 0 Å². The van der Waals surface area contributed by atoms with Gasteiger partial charge in [-0.1, -0.05) is 0 Å². The number of hydrogen-bond acceptors (Lipinski definition) is 5. The van der Waals surface area contributed by atoms with Gasteiger partial charge in [0.1, 0.15) is 0 Å². The van der Waals surface area contributed by atoms with E-state index < -0.39 is 8.56 Å². The molecular weight excluding hydrogens is 214 g/mol. The SMILES string of the molecule is CCO[Si](C)(CCCO)OCC.N=C=O. The molecule has 0 atom stereocenters. The van der Waals surface area contributed by atoms with Crippen LogP contribution in [0.4, 0.5) is 0 Å². The minimum atomic E-state index is -1.93. The third-order valence-corrected chi connectivity index (χ3v) is 4.75. The van der Waals surface area contributed by atoms with E-state index in [1.165, 1.54) is 0 Å². The van der Waals surface area contributed by atoms with Crippen molar-refractivity contribution >= 4 is 14.6 Å². The van der Waals surface area contributed by atoms with E-state index in [0.717, 1.165) is 18.5 Å². The van der Waals surface area contributed by atoms with Crippen LogP contribution >= 0.6 is 0 Å². The molecule has 0 fully saturated rings. The molecule has 0 heterocycles. The lowest BCUT2D eigenvalue weighted by atomic mass is 10.5. The van der Waals surface area contributed by atoms with Crippen LogP contribution in [0.3, 0.4) is 0 Å². The Kier molecular flexibility index (Phi) is 13.0. The van der Waals surface area contributed by atoms with Crippen LogP contribution in [0.2, 0.25) is 12.6 Å². The first kappa shape index (κ1) is 16.9. The van der Waals surface area contributed by atoms with Gasteiger partial charge in [-0.15, -0.1) is 0 Å². The molecule has 0 aliphatic rings. The number of aliphatic hydroxyl groups is 1. The second kappa shape index (κ2) is 11.6. The summed E-state index contributed by atoms with van der Waals surface area (Å²) in [4.78, 5) is 8.35. The van der Waals surface area contributed by atoms with Crippen LogP contribution < -0.4 is 0 Å². The fraction of sp³-hybridized carbons (Fsp3) is 0.889. The van der Waals surface area contributed by atoms with Crippen LogP contribution in [0.25, 0.3) is 0 Å². The Labute approximate surface area is 92.2 Å². The lowest BCUT2D eigenvalue weighted by Crippen LogP contribution is -2.38. The van der Waals surface area contributed by atoms with Crippen LogP contribution in [0.5, 0.6) is 0 Å². The van der Waals surface area contributed by atoms with Gasteiger partial charge in [0, 0.05) is 19.8 Å². The molecule has 0 aliphatic carbocycles. The molecule has 0 aromatic heterocycles. The van der Waals surface area contributed by atoms with Gasteiger partial charge in [0.05, 0.1) is 0 Å². The highest BCUT2D eigenvalue weighted by molar-refractivity contribution is 6.66. The first-order valence-electron chi connectivity index (χ1n) is 5.02. The van der Waals surface area contributed by atoms with Crippen LogP contribution in [0.15, 0.2) is 0 Å². The summed E-state index contributed by atoms with van der Waals surface area (Å²) in [6.07, 6.45) is 1.53. The Hall–Kier alpha value is -0.523. The first-order valence-corrected chi connectivity index (χ1v) is 7.55. The van der Waals surface area contributed by atoms with Crippen molar-refractivity contribution in [3.63, 3.8) is 0 Å². The predicted octanol–water partition coefficient (Wildman–Crippen LogP) is 1.41. The van der Waals surface area contributed by atoms with Crippen LogP contribution in [-0.2, 0) is 13.6 Å². The summed E-state index contributed by atoms with van der Waals surface area (Å²) in [6, 6.07) is 0.880. The summed E-state index contributed by atoms with van der Waals surface area (Å²) in [5.41, 5.74) is 0. The Balaban J connectivity index is 0. The fourth-order valence-electron chi connectivity index (χ4n) is 1.20. The monoisotopic (exact) mass is 235 g/mol. The highest BCUT2D eigenvalue weighted by Gasteiger charge is 2.29. The van der Waals surface area contributed by atoms with Crippen LogP contribution in [-0.4, -0.2) is 39.6 Å². The normalized spacial score (nSPS) is 10.1. The smallest absolute Gasteiger partial charge is 0.334 e. The van der Waals surface area contributed by atoms with Crippen molar-refractivity contribution in [1.82, 2.24) is 0 Å². The summed E-state index contributed by atoms with van der Waals surface area (Å²) in [7, 11) is -1.93. The maximum Gasteiger partial charge on any atom is 0.334 e. The van der Waals surface area contributed by atoms with E-state index in [-0.39, 0.29) is 6.61 Å². The fourth-order valence-corrected chi connectivity index (χ4v) is 3.59. The molecule has 0 saturated carbocycles. The second-order valence-corrected chi connectivity index (χ2v) is 6.27. The third kappa shape index (κ3) is 11.4. The van der Waals surface area contributed by atoms with E-state index in [1.54, 1.807) is 0 Å². The summed E-state index contributed by atoms with van der Waals surface area (Å²) >= 11 is 0. The van der Waals surface area contributed by atoms with E-state index >= 15 is 0 Å². The van der Waals surface area contributed by atoms with Gasteiger partial charge in [0.2, 0.25) is 6.08 Å². The number of isocyanates is 1. The summed E-state index contributed by atoms with van der Waals surface area (Å²) in [5, 5.41) is 14.1. The van der Waals surface area contributed by atoms with Gasteiger partial charge < -0.3 is 14.0 Å². The topological polar surface area (TPSA) is 79.6 Å². The largest absolute Gasteiger partial charge is 0.396 e. The van der Waals surface area contributed by atoms with Gasteiger partial charge in [-0.25, -0.2) is 10.2 Å². The number of carbonyl (C=O) groups excluding carboxylic acids is 1. The molecule has 6 heteroatoms. The van der Waals surface area contributed by atoms with E-state index in [2.05, 4.69) is 6.55 Å². The molecule has 0 radical (unpaired) electrons. The van der Waals surface area contributed by atoms with Gasteiger partial charge in [0.25, 0.3) is 0 Å². The Morgan fingerprint density at radius 1 is 1.33 bits per heavy atom. The molecule has 0 aliphatic heterocycles. The molecule has 0 rings (SSSR count). The maximum atomic E-state index is 8.68. The van der Waals surface area contributed by atoms with Crippen molar-refractivity contribution in [2.45, 2.75) is 32.9 Å². The molecule has 5 nitrogen and oxygen atoms in total. The second-order valence-electron chi connectivity index (χ2n) is 2.93. The molecule has 0 bridgehead atoms. The predicted molar refractivity (Wildman–Crippen MR) is 59.8 cm³/mol. The molecular formula is C9H21NO4Si. The zero-order chi connectivity index (χ0) is 12.2. The lowest BCUT2D eigenvalue weighted by Gasteiger charge is -2.25. The van der Waals surface area contributed by atoms with Crippen molar-refractivity contribution < 1.29 is 18.8 Å². The lowest BCUT2D eigenvalue weighted by molar-refractivity contribution is 0.184. The maximum absolute atomic E-state index is 8.68. The average molecular weight is 235 g/mol.